The Morgan fingerprint density at radius 3 is 2.39 bits per heavy atom. The molecule has 0 radical (unpaired) electrons. The van der Waals surface area contributed by atoms with Crippen LogP contribution in [-0.4, -0.2) is 39.6 Å². The number of thioether (sulfide) groups is 1. The monoisotopic (exact) mass is 331 g/mol. The average molecular weight is 331 g/mol. The number of carbonyl (C=O) groups is 1. The standard InChI is InChI=1S/C18H25N3OS/c1-6-21(7-2)15(22)12-23-16-13-10-8-9-11-14(13)19-17(20-16)18(3,4)5/h8-11H,6-7,12H2,1-5H3. The summed E-state index contributed by atoms with van der Waals surface area (Å²) in [6.07, 6.45) is 0. The Morgan fingerprint density at radius 2 is 1.78 bits per heavy atom. The van der Waals surface area contributed by atoms with Crippen LogP contribution in [0.15, 0.2) is 29.3 Å². The first kappa shape index (κ1) is 17.7. The number of aromatic nitrogens is 2. The average Bonchev–Trinajstić information content (AvgIpc) is 2.52. The molecule has 0 saturated heterocycles. The van der Waals surface area contributed by atoms with E-state index in [4.69, 9.17) is 4.98 Å². The van der Waals surface area contributed by atoms with E-state index in [1.54, 1.807) is 0 Å². The quantitative estimate of drug-likeness (QED) is 0.616. The van der Waals surface area contributed by atoms with Crippen molar-refractivity contribution in [2.45, 2.75) is 45.1 Å². The number of rotatable bonds is 5. The van der Waals surface area contributed by atoms with Gasteiger partial charge in [-0.2, -0.15) is 0 Å². The second kappa shape index (κ2) is 7.30. The van der Waals surface area contributed by atoms with Gasteiger partial charge in [-0.25, -0.2) is 9.97 Å². The number of benzene rings is 1. The van der Waals surface area contributed by atoms with E-state index >= 15 is 0 Å². The first-order chi connectivity index (χ1) is 10.9. The molecule has 0 aliphatic rings. The van der Waals surface area contributed by atoms with E-state index in [0.717, 1.165) is 34.8 Å². The molecule has 0 spiro atoms. The van der Waals surface area contributed by atoms with Gasteiger partial charge < -0.3 is 4.90 Å². The summed E-state index contributed by atoms with van der Waals surface area (Å²) in [4.78, 5) is 23.5. The van der Waals surface area contributed by atoms with Gasteiger partial charge >= 0.3 is 0 Å². The Morgan fingerprint density at radius 1 is 1.13 bits per heavy atom. The molecule has 0 aliphatic carbocycles. The maximum Gasteiger partial charge on any atom is 0.232 e. The highest BCUT2D eigenvalue weighted by atomic mass is 32.2. The largest absolute Gasteiger partial charge is 0.343 e. The fraction of sp³-hybridized carbons (Fsp3) is 0.500. The van der Waals surface area contributed by atoms with Gasteiger partial charge in [-0.1, -0.05) is 50.7 Å². The molecular formula is C18H25N3OS. The van der Waals surface area contributed by atoms with E-state index in [1.807, 2.05) is 43.0 Å². The molecule has 4 nitrogen and oxygen atoms in total. The lowest BCUT2D eigenvalue weighted by atomic mass is 9.95. The predicted molar refractivity (Wildman–Crippen MR) is 96.9 cm³/mol. The van der Waals surface area contributed by atoms with Crippen molar-refractivity contribution in [2.24, 2.45) is 0 Å². The van der Waals surface area contributed by atoms with Crippen LogP contribution in [-0.2, 0) is 10.2 Å². The number of nitrogens with zero attached hydrogens (tertiary/aromatic N) is 3. The summed E-state index contributed by atoms with van der Waals surface area (Å²) >= 11 is 1.51. The van der Waals surface area contributed by atoms with Crippen LogP contribution in [0.1, 0.15) is 40.4 Å². The van der Waals surface area contributed by atoms with Crippen LogP contribution in [0.5, 0.6) is 0 Å². The number of fused-ring (bicyclic) bond motifs is 1. The smallest absolute Gasteiger partial charge is 0.232 e. The molecule has 23 heavy (non-hydrogen) atoms. The van der Waals surface area contributed by atoms with Crippen molar-refractivity contribution >= 4 is 28.6 Å². The van der Waals surface area contributed by atoms with Gasteiger partial charge in [0.15, 0.2) is 0 Å². The minimum atomic E-state index is -0.123. The van der Waals surface area contributed by atoms with Crippen LogP contribution in [0.4, 0.5) is 0 Å². The number of hydrogen-bond donors (Lipinski definition) is 0. The van der Waals surface area contributed by atoms with Gasteiger partial charge in [0, 0.05) is 23.9 Å². The molecule has 0 saturated carbocycles. The van der Waals surface area contributed by atoms with Gasteiger partial charge in [0.05, 0.1) is 11.3 Å². The molecule has 0 aliphatic heterocycles. The second-order valence-electron chi connectivity index (χ2n) is 6.47. The third kappa shape index (κ3) is 4.22. The number of carbonyl (C=O) groups excluding carboxylic acids is 1. The molecule has 0 atom stereocenters. The Balaban J connectivity index is 2.33. The van der Waals surface area contributed by atoms with Crippen LogP contribution in [0.3, 0.4) is 0 Å². The number of amides is 1. The van der Waals surface area contributed by atoms with E-state index in [-0.39, 0.29) is 11.3 Å². The molecule has 0 bridgehead atoms. The van der Waals surface area contributed by atoms with Gasteiger partial charge in [-0.05, 0) is 19.9 Å². The highest BCUT2D eigenvalue weighted by molar-refractivity contribution is 8.00. The zero-order chi connectivity index (χ0) is 17.0. The summed E-state index contributed by atoms with van der Waals surface area (Å²) in [7, 11) is 0. The Hall–Kier alpha value is -1.62. The lowest BCUT2D eigenvalue weighted by Gasteiger charge is -2.20. The van der Waals surface area contributed by atoms with Crippen molar-refractivity contribution in [2.75, 3.05) is 18.8 Å². The molecule has 5 heteroatoms. The molecule has 1 aromatic heterocycles. The molecule has 0 unspecified atom stereocenters. The van der Waals surface area contributed by atoms with Gasteiger partial charge in [-0.15, -0.1) is 0 Å². The first-order valence-corrected chi connectivity index (χ1v) is 9.03. The predicted octanol–water partition coefficient (Wildman–Crippen LogP) is 3.89. The van der Waals surface area contributed by atoms with Crippen molar-refractivity contribution in [3.8, 4) is 0 Å². The van der Waals surface area contributed by atoms with Crippen molar-refractivity contribution in [1.82, 2.24) is 14.9 Å². The normalized spacial score (nSPS) is 11.7. The van der Waals surface area contributed by atoms with E-state index in [1.165, 1.54) is 11.8 Å². The highest BCUT2D eigenvalue weighted by Crippen LogP contribution is 2.29. The number of hydrogen-bond acceptors (Lipinski definition) is 4. The van der Waals surface area contributed by atoms with Gasteiger partial charge in [0.25, 0.3) is 0 Å². The highest BCUT2D eigenvalue weighted by Gasteiger charge is 2.20. The molecule has 1 heterocycles. The van der Waals surface area contributed by atoms with Crippen LogP contribution >= 0.6 is 11.8 Å². The summed E-state index contributed by atoms with van der Waals surface area (Å²) in [6.45, 7) is 11.8. The molecule has 2 rings (SSSR count). The maximum absolute atomic E-state index is 12.3. The van der Waals surface area contributed by atoms with Gasteiger partial charge in [0.1, 0.15) is 10.9 Å². The van der Waals surface area contributed by atoms with Gasteiger partial charge in [0.2, 0.25) is 5.91 Å². The van der Waals surface area contributed by atoms with Crippen molar-refractivity contribution in [3.63, 3.8) is 0 Å². The number of para-hydroxylation sites is 1. The first-order valence-electron chi connectivity index (χ1n) is 8.04. The summed E-state index contributed by atoms with van der Waals surface area (Å²) < 4.78 is 0. The van der Waals surface area contributed by atoms with Crippen LogP contribution in [0.2, 0.25) is 0 Å². The molecule has 2 aromatic rings. The third-order valence-corrected chi connectivity index (χ3v) is 4.66. The SMILES string of the molecule is CCN(CC)C(=O)CSc1nc(C(C)(C)C)nc2ccccc12. The molecular weight excluding hydrogens is 306 g/mol. The molecule has 1 aromatic carbocycles. The molecule has 1 amide bonds. The second-order valence-corrected chi connectivity index (χ2v) is 7.44. The van der Waals surface area contributed by atoms with Gasteiger partial charge in [-0.3, -0.25) is 4.79 Å². The minimum absolute atomic E-state index is 0.123. The molecule has 0 N–H and O–H groups in total. The summed E-state index contributed by atoms with van der Waals surface area (Å²) in [5, 5.41) is 1.90. The van der Waals surface area contributed by atoms with Crippen molar-refractivity contribution in [1.29, 1.82) is 0 Å². The Kier molecular flexibility index (Phi) is 5.63. The van der Waals surface area contributed by atoms with E-state index < -0.39 is 0 Å². The summed E-state index contributed by atoms with van der Waals surface area (Å²) in [6, 6.07) is 7.99. The van der Waals surface area contributed by atoms with Crippen molar-refractivity contribution in [3.05, 3.63) is 30.1 Å². The zero-order valence-corrected chi connectivity index (χ0v) is 15.4. The Bertz CT molecular complexity index is 690. The third-order valence-electron chi connectivity index (χ3n) is 3.69. The lowest BCUT2D eigenvalue weighted by Crippen LogP contribution is -2.31. The molecule has 0 fully saturated rings. The molecule has 124 valence electrons. The topological polar surface area (TPSA) is 46.1 Å². The fourth-order valence-electron chi connectivity index (χ4n) is 2.29. The summed E-state index contributed by atoms with van der Waals surface area (Å²) in [5.41, 5.74) is 0.813. The summed E-state index contributed by atoms with van der Waals surface area (Å²) in [5.74, 6) is 1.38. The van der Waals surface area contributed by atoms with Crippen molar-refractivity contribution < 1.29 is 4.79 Å². The van der Waals surface area contributed by atoms with Crippen LogP contribution in [0, 0.1) is 0 Å². The fourth-order valence-corrected chi connectivity index (χ4v) is 3.21. The zero-order valence-electron chi connectivity index (χ0n) is 14.6. The van der Waals surface area contributed by atoms with E-state index in [9.17, 15) is 4.79 Å². The van der Waals surface area contributed by atoms with E-state index in [0.29, 0.717) is 5.75 Å². The van der Waals surface area contributed by atoms with Crippen LogP contribution < -0.4 is 0 Å². The maximum atomic E-state index is 12.3. The van der Waals surface area contributed by atoms with E-state index in [2.05, 4.69) is 25.8 Å². The van der Waals surface area contributed by atoms with Crippen LogP contribution in [0.25, 0.3) is 10.9 Å². The lowest BCUT2D eigenvalue weighted by molar-refractivity contribution is -0.127. The Labute approximate surface area is 142 Å². The minimum Gasteiger partial charge on any atom is -0.343 e.